The molecule has 1 atom stereocenters. The molecule has 1 amide bonds. The molecular weight excluding hydrogens is 257 g/mol. The standard InChI is InChI=1S/C13H15F3N2O/c1-12(17,13(14,15)16)11(19)18-7-6-9-4-2-3-5-10(9)8-18/h2-5H,6-8,17H2,1H3. The first-order valence-corrected chi connectivity index (χ1v) is 5.95. The molecule has 0 saturated heterocycles. The lowest BCUT2D eigenvalue weighted by atomic mass is 9.96. The number of nitrogens with zero attached hydrogens (tertiary/aromatic N) is 1. The predicted octanol–water partition coefficient (Wildman–Crippen LogP) is 1.85. The fourth-order valence-corrected chi connectivity index (χ4v) is 2.12. The summed E-state index contributed by atoms with van der Waals surface area (Å²) in [6.07, 6.45) is -4.20. The zero-order valence-electron chi connectivity index (χ0n) is 10.5. The normalized spacial score (nSPS) is 18.7. The van der Waals surface area contributed by atoms with Gasteiger partial charge in [-0.1, -0.05) is 24.3 Å². The summed E-state index contributed by atoms with van der Waals surface area (Å²) >= 11 is 0. The van der Waals surface area contributed by atoms with E-state index in [1.54, 1.807) is 6.07 Å². The first-order valence-electron chi connectivity index (χ1n) is 5.95. The second-order valence-electron chi connectivity index (χ2n) is 4.95. The van der Waals surface area contributed by atoms with Crippen LogP contribution in [0.1, 0.15) is 18.1 Å². The van der Waals surface area contributed by atoms with Crippen LogP contribution in [0.4, 0.5) is 13.2 Å². The number of hydrogen-bond donors (Lipinski definition) is 1. The summed E-state index contributed by atoms with van der Waals surface area (Å²) in [6, 6.07) is 7.41. The van der Waals surface area contributed by atoms with Crippen molar-refractivity contribution in [3.63, 3.8) is 0 Å². The highest BCUT2D eigenvalue weighted by Gasteiger charge is 2.55. The van der Waals surface area contributed by atoms with E-state index in [0.29, 0.717) is 6.42 Å². The predicted molar refractivity (Wildman–Crippen MR) is 64.2 cm³/mol. The van der Waals surface area contributed by atoms with Gasteiger partial charge in [-0.3, -0.25) is 4.79 Å². The van der Waals surface area contributed by atoms with E-state index in [4.69, 9.17) is 5.73 Å². The Morgan fingerprint density at radius 2 is 1.84 bits per heavy atom. The molecule has 104 valence electrons. The van der Waals surface area contributed by atoms with Crippen LogP contribution in [-0.2, 0) is 17.8 Å². The summed E-state index contributed by atoms with van der Waals surface area (Å²) in [5, 5.41) is 0. The maximum Gasteiger partial charge on any atom is 0.415 e. The Bertz CT molecular complexity index is 497. The van der Waals surface area contributed by atoms with Crippen molar-refractivity contribution in [1.82, 2.24) is 4.90 Å². The highest BCUT2D eigenvalue weighted by molar-refractivity contribution is 5.87. The van der Waals surface area contributed by atoms with Crippen molar-refractivity contribution in [3.8, 4) is 0 Å². The highest BCUT2D eigenvalue weighted by Crippen LogP contribution is 2.31. The average molecular weight is 272 g/mol. The molecule has 1 heterocycles. The molecule has 0 fully saturated rings. The Hall–Kier alpha value is -1.56. The SMILES string of the molecule is CC(N)(C(=O)N1CCc2ccccc2C1)C(F)(F)F. The summed E-state index contributed by atoms with van der Waals surface area (Å²) in [4.78, 5) is 13.1. The third-order valence-corrected chi connectivity index (χ3v) is 3.45. The van der Waals surface area contributed by atoms with Crippen LogP contribution < -0.4 is 5.73 Å². The molecule has 0 bridgehead atoms. The molecule has 1 aromatic rings. The molecule has 19 heavy (non-hydrogen) atoms. The van der Waals surface area contributed by atoms with Crippen LogP contribution in [-0.4, -0.2) is 29.1 Å². The minimum Gasteiger partial charge on any atom is -0.336 e. The van der Waals surface area contributed by atoms with E-state index >= 15 is 0 Å². The van der Waals surface area contributed by atoms with Crippen LogP contribution in [0.5, 0.6) is 0 Å². The van der Waals surface area contributed by atoms with Gasteiger partial charge in [0.1, 0.15) is 0 Å². The second kappa shape index (κ2) is 4.52. The van der Waals surface area contributed by atoms with Gasteiger partial charge < -0.3 is 10.6 Å². The Kier molecular flexibility index (Phi) is 3.30. The van der Waals surface area contributed by atoms with Gasteiger partial charge in [0.25, 0.3) is 5.91 Å². The molecule has 2 rings (SSSR count). The number of nitrogens with two attached hydrogens (primary N) is 1. The van der Waals surface area contributed by atoms with E-state index in [1.807, 2.05) is 18.2 Å². The second-order valence-corrected chi connectivity index (χ2v) is 4.95. The van der Waals surface area contributed by atoms with E-state index < -0.39 is 17.6 Å². The summed E-state index contributed by atoms with van der Waals surface area (Å²) in [5.41, 5.74) is 4.28. The molecule has 0 radical (unpaired) electrons. The van der Waals surface area contributed by atoms with E-state index in [-0.39, 0.29) is 13.1 Å². The number of halogens is 3. The quantitative estimate of drug-likeness (QED) is 0.848. The third-order valence-electron chi connectivity index (χ3n) is 3.45. The highest BCUT2D eigenvalue weighted by atomic mass is 19.4. The monoisotopic (exact) mass is 272 g/mol. The first kappa shape index (κ1) is 13.9. The Morgan fingerprint density at radius 1 is 1.26 bits per heavy atom. The van der Waals surface area contributed by atoms with E-state index in [1.165, 1.54) is 4.90 Å². The largest absolute Gasteiger partial charge is 0.415 e. The van der Waals surface area contributed by atoms with E-state index in [2.05, 4.69) is 0 Å². The number of hydrogen-bond acceptors (Lipinski definition) is 2. The molecule has 1 aliphatic heterocycles. The maximum atomic E-state index is 12.8. The molecule has 6 heteroatoms. The van der Waals surface area contributed by atoms with Crippen molar-refractivity contribution >= 4 is 5.91 Å². The van der Waals surface area contributed by atoms with Gasteiger partial charge in [0, 0.05) is 13.1 Å². The van der Waals surface area contributed by atoms with Crippen LogP contribution >= 0.6 is 0 Å². The number of amides is 1. The molecular formula is C13H15F3N2O. The van der Waals surface area contributed by atoms with Crippen LogP contribution in [0.3, 0.4) is 0 Å². The molecule has 0 saturated carbocycles. The number of carbonyl (C=O) groups is 1. The minimum atomic E-state index is -4.75. The first-order chi connectivity index (χ1) is 8.73. The van der Waals surface area contributed by atoms with Crippen molar-refractivity contribution in [2.24, 2.45) is 5.73 Å². The smallest absolute Gasteiger partial charge is 0.336 e. The molecule has 1 aliphatic rings. The fourth-order valence-electron chi connectivity index (χ4n) is 2.12. The maximum absolute atomic E-state index is 12.8. The van der Waals surface area contributed by atoms with Gasteiger partial charge in [-0.2, -0.15) is 13.2 Å². The van der Waals surface area contributed by atoms with E-state index in [0.717, 1.165) is 18.1 Å². The zero-order chi connectivity index (χ0) is 14.3. The molecule has 1 aromatic carbocycles. The number of carbonyl (C=O) groups excluding carboxylic acids is 1. The fraction of sp³-hybridized carbons (Fsp3) is 0.462. The van der Waals surface area contributed by atoms with E-state index in [9.17, 15) is 18.0 Å². The molecule has 0 spiro atoms. The Balaban J connectivity index is 2.20. The Morgan fingerprint density at radius 3 is 2.42 bits per heavy atom. The van der Waals surface area contributed by atoms with Crippen molar-refractivity contribution in [2.45, 2.75) is 31.6 Å². The Labute approximate surface area is 109 Å². The van der Waals surface area contributed by atoms with Gasteiger partial charge in [0.2, 0.25) is 0 Å². The number of rotatable bonds is 1. The molecule has 0 aliphatic carbocycles. The van der Waals surface area contributed by atoms with Crippen LogP contribution in [0.15, 0.2) is 24.3 Å². The third kappa shape index (κ3) is 2.45. The van der Waals surface area contributed by atoms with Crippen LogP contribution in [0.25, 0.3) is 0 Å². The molecule has 2 N–H and O–H groups in total. The van der Waals surface area contributed by atoms with Gasteiger partial charge >= 0.3 is 6.18 Å². The lowest BCUT2D eigenvalue weighted by Gasteiger charge is -2.35. The summed E-state index contributed by atoms with van der Waals surface area (Å²) in [6.45, 7) is 1.16. The number of benzene rings is 1. The van der Waals surface area contributed by atoms with Gasteiger partial charge in [-0.05, 0) is 24.5 Å². The summed E-state index contributed by atoms with van der Waals surface area (Å²) in [5.74, 6) is -1.07. The summed E-state index contributed by atoms with van der Waals surface area (Å²) in [7, 11) is 0. The van der Waals surface area contributed by atoms with Gasteiger partial charge in [-0.25, -0.2) is 0 Å². The van der Waals surface area contributed by atoms with Crippen LogP contribution in [0, 0.1) is 0 Å². The minimum absolute atomic E-state index is 0.178. The van der Waals surface area contributed by atoms with Crippen molar-refractivity contribution in [1.29, 1.82) is 0 Å². The molecule has 3 nitrogen and oxygen atoms in total. The van der Waals surface area contributed by atoms with Gasteiger partial charge in [0.15, 0.2) is 5.54 Å². The van der Waals surface area contributed by atoms with Crippen molar-refractivity contribution in [2.75, 3.05) is 6.54 Å². The average Bonchev–Trinajstić information content (AvgIpc) is 2.36. The van der Waals surface area contributed by atoms with Crippen molar-refractivity contribution < 1.29 is 18.0 Å². The number of fused-ring (bicyclic) bond motifs is 1. The molecule has 1 unspecified atom stereocenters. The van der Waals surface area contributed by atoms with Gasteiger partial charge in [-0.15, -0.1) is 0 Å². The topological polar surface area (TPSA) is 46.3 Å². The van der Waals surface area contributed by atoms with Crippen molar-refractivity contribution in [3.05, 3.63) is 35.4 Å². The zero-order valence-corrected chi connectivity index (χ0v) is 10.5. The summed E-state index contributed by atoms with van der Waals surface area (Å²) < 4.78 is 38.3. The number of alkyl halides is 3. The van der Waals surface area contributed by atoms with Crippen LogP contribution in [0.2, 0.25) is 0 Å². The molecule has 0 aromatic heterocycles. The lowest BCUT2D eigenvalue weighted by molar-refractivity contribution is -0.194. The lowest BCUT2D eigenvalue weighted by Crippen LogP contribution is -2.62. The van der Waals surface area contributed by atoms with Gasteiger partial charge in [0.05, 0.1) is 0 Å².